The maximum absolute atomic E-state index is 12.6. The van der Waals surface area contributed by atoms with Gasteiger partial charge >= 0.3 is 5.97 Å². The van der Waals surface area contributed by atoms with Crippen LogP contribution in [0.3, 0.4) is 0 Å². The summed E-state index contributed by atoms with van der Waals surface area (Å²) in [6.45, 7) is 6.94. The molecule has 0 N–H and O–H groups in total. The second-order valence-corrected chi connectivity index (χ2v) is 6.14. The number of benzene rings is 2. The first-order chi connectivity index (χ1) is 12.3. The highest BCUT2D eigenvalue weighted by atomic mass is 16.6. The van der Waals surface area contributed by atoms with Crippen LogP contribution in [0.4, 0.5) is 0 Å². The number of carbonyl (C=O) groups excluding carboxylic acids is 2. The van der Waals surface area contributed by atoms with E-state index in [0.717, 1.165) is 16.7 Å². The number of hydrogen-bond acceptors (Lipinski definition) is 5. The number of ketones is 1. The van der Waals surface area contributed by atoms with Gasteiger partial charge in [0.05, 0.1) is 5.56 Å². The smallest absolute Gasteiger partial charge is 0.344 e. The molecule has 2 rings (SSSR count). The molecule has 2 aromatic carbocycles. The summed E-state index contributed by atoms with van der Waals surface area (Å²) >= 11 is 0. The molecule has 0 aliphatic rings. The zero-order chi connectivity index (χ0) is 19.3. The molecule has 0 spiro atoms. The summed E-state index contributed by atoms with van der Waals surface area (Å²) in [4.78, 5) is 24.6. The van der Waals surface area contributed by atoms with Crippen molar-refractivity contribution in [1.82, 2.24) is 0 Å². The Bertz CT molecular complexity index is 880. The monoisotopic (exact) mass is 351 g/mol. The summed E-state index contributed by atoms with van der Waals surface area (Å²) in [6, 6.07) is 12.3. The van der Waals surface area contributed by atoms with Gasteiger partial charge in [-0.25, -0.2) is 4.79 Å². The second-order valence-electron chi connectivity index (χ2n) is 6.14. The van der Waals surface area contributed by atoms with Gasteiger partial charge in [-0.3, -0.25) is 4.79 Å². The summed E-state index contributed by atoms with van der Waals surface area (Å²) in [5.74, 6) is -0.618. The van der Waals surface area contributed by atoms with Gasteiger partial charge in [-0.15, -0.1) is 0 Å². The number of carbonyl (C=O) groups is 2. The molecule has 0 saturated carbocycles. The van der Waals surface area contributed by atoms with Crippen molar-refractivity contribution in [3.05, 3.63) is 64.2 Å². The van der Waals surface area contributed by atoms with Crippen LogP contribution in [0.2, 0.25) is 0 Å². The van der Waals surface area contributed by atoms with E-state index in [-0.39, 0.29) is 12.4 Å². The highest BCUT2D eigenvalue weighted by Crippen LogP contribution is 2.19. The first-order valence-corrected chi connectivity index (χ1v) is 8.27. The fraction of sp³-hybridized carbons (Fsp3) is 0.286. The molecule has 0 fully saturated rings. The van der Waals surface area contributed by atoms with Gasteiger partial charge in [-0.1, -0.05) is 18.2 Å². The molecule has 0 heterocycles. The Morgan fingerprint density at radius 3 is 2.42 bits per heavy atom. The first-order valence-electron chi connectivity index (χ1n) is 8.27. The van der Waals surface area contributed by atoms with Crippen molar-refractivity contribution in [3.63, 3.8) is 0 Å². The molecule has 0 aliphatic carbocycles. The molecule has 5 nitrogen and oxygen atoms in total. The lowest BCUT2D eigenvalue weighted by Crippen LogP contribution is -2.28. The molecule has 0 bridgehead atoms. The average Bonchev–Trinajstić information content (AvgIpc) is 2.62. The molecule has 0 unspecified atom stereocenters. The number of aryl methyl sites for hydroxylation is 3. The molecule has 1 atom stereocenters. The Labute approximate surface area is 153 Å². The van der Waals surface area contributed by atoms with Crippen molar-refractivity contribution in [2.24, 2.45) is 0 Å². The standard InChI is InChI=1S/C21H21NO4/c1-13-9-15(3)18(10-14(13)2)21(24)16(4)26-20(23)12-25-19-8-6-5-7-17(19)11-22/h5-10,16H,12H2,1-4H3/t16-/m1/s1. The van der Waals surface area contributed by atoms with Crippen molar-refractivity contribution in [2.45, 2.75) is 33.8 Å². The molecule has 134 valence electrons. The van der Waals surface area contributed by atoms with E-state index in [1.165, 1.54) is 6.92 Å². The van der Waals surface area contributed by atoms with Gasteiger partial charge in [-0.05, 0) is 62.6 Å². The summed E-state index contributed by atoms with van der Waals surface area (Å²) in [5.41, 5.74) is 3.83. The quantitative estimate of drug-likeness (QED) is 0.586. The molecule has 0 saturated heterocycles. The highest BCUT2D eigenvalue weighted by molar-refractivity contribution is 6.01. The van der Waals surface area contributed by atoms with Gasteiger partial charge in [-0.2, -0.15) is 5.26 Å². The predicted octanol–water partition coefficient (Wildman–Crippen LogP) is 3.68. The number of esters is 1. The molecule has 0 aromatic heterocycles. The van der Waals surface area contributed by atoms with Crippen molar-refractivity contribution in [2.75, 3.05) is 6.61 Å². The lowest BCUT2D eigenvalue weighted by Gasteiger charge is -2.15. The maximum Gasteiger partial charge on any atom is 0.344 e. The first kappa shape index (κ1) is 19.2. The van der Waals surface area contributed by atoms with Crippen molar-refractivity contribution >= 4 is 11.8 Å². The zero-order valence-electron chi connectivity index (χ0n) is 15.3. The van der Waals surface area contributed by atoms with E-state index in [9.17, 15) is 9.59 Å². The van der Waals surface area contributed by atoms with E-state index in [1.807, 2.05) is 39.0 Å². The maximum atomic E-state index is 12.6. The summed E-state index contributed by atoms with van der Waals surface area (Å²) < 4.78 is 10.5. The van der Waals surface area contributed by atoms with Crippen LogP contribution < -0.4 is 4.74 Å². The summed E-state index contributed by atoms with van der Waals surface area (Å²) in [5, 5.41) is 9.00. The van der Waals surface area contributed by atoms with Gasteiger partial charge in [0.15, 0.2) is 12.7 Å². The number of nitriles is 1. The average molecular weight is 351 g/mol. The van der Waals surface area contributed by atoms with Crippen molar-refractivity contribution in [3.8, 4) is 11.8 Å². The van der Waals surface area contributed by atoms with E-state index in [1.54, 1.807) is 24.3 Å². The largest absolute Gasteiger partial charge is 0.481 e. The fourth-order valence-electron chi connectivity index (χ4n) is 2.55. The van der Waals surface area contributed by atoms with Crippen molar-refractivity contribution in [1.29, 1.82) is 5.26 Å². The van der Waals surface area contributed by atoms with Crippen LogP contribution >= 0.6 is 0 Å². The molecule has 0 aliphatic heterocycles. The van der Waals surface area contributed by atoms with E-state index < -0.39 is 12.1 Å². The van der Waals surface area contributed by atoms with Gasteiger partial charge in [0, 0.05) is 5.56 Å². The van der Waals surface area contributed by atoms with Crippen LogP contribution in [-0.4, -0.2) is 24.5 Å². The predicted molar refractivity (Wildman–Crippen MR) is 97.2 cm³/mol. The zero-order valence-corrected chi connectivity index (χ0v) is 15.3. The van der Waals surface area contributed by atoms with Gasteiger partial charge in [0.25, 0.3) is 0 Å². The Hall–Kier alpha value is -3.13. The topological polar surface area (TPSA) is 76.4 Å². The summed E-state index contributed by atoms with van der Waals surface area (Å²) in [7, 11) is 0. The van der Waals surface area contributed by atoms with Crippen LogP contribution in [0.1, 0.15) is 39.5 Å². The van der Waals surface area contributed by atoms with E-state index in [4.69, 9.17) is 14.7 Å². The van der Waals surface area contributed by atoms with Gasteiger partial charge < -0.3 is 9.47 Å². The van der Waals surface area contributed by atoms with Crippen LogP contribution in [0.25, 0.3) is 0 Å². The molecule has 0 amide bonds. The van der Waals surface area contributed by atoms with Crippen LogP contribution in [0, 0.1) is 32.1 Å². The van der Waals surface area contributed by atoms with Crippen molar-refractivity contribution < 1.29 is 19.1 Å². The lowest BCUT2D eigenvalue weighted by atomic mass is 9.96. The molecule has 0 radical (unpaired) electrons. The summed E-state index contributed by atoms with van der Waals surface area (Å²) in [6.07, 6.45) is -0.918. The molecular weight excluding hydrogens is 330 g/mol. The third-order valence-electron chi connectivity index (χ3n) is 4.14. The minimum Gasteiger partial charge on any atom is -0.481 e. The minimum atomic E-state index is -0.918. The number of rotatable bonds is 6. The Morgan fingerprint density at radius 2 is 1.73 bits per heavy atom. The number of hydrogen-bond donors (Lipinski definition) is 0. The Morgan fingerprint density at radius 1 is 1.08 bits per heavy atom. The second kappa shape index (κ2) is 8.30. The molecular formula is C21H21NO4. The van der Waals surface area contributed by atoms with E-state index >= 15 is 0 Å². The molecule has 5 heteroatoms. The third-order valence-corrected chi connectivity index (χ3v) is 4.14. The highest BCUT2D eigenvalue weighted by Gasteiger charge is 2.22. The number of ether oxygens (including phenoxy) is 2. The van der Waals surface area contributed by atoms with Crippen LogP contribution in [0.15, 0.2) is 36.4 Å². The fourth-order valence-corrected chi connectivity index (χ4v) is 2.55. The van der Waals surface area contributed by atoms with Crippen LogP contribution in [0.5, 0.6) is 5.75 Å². The number of Topliss-reactive ketones (excluding diaryl/α,β-unsaturated/α-hetero) is 1. The third kappa shape index (κ3) is 4.48. The van der Waals surface area contributed by atoms with E-state index in [2.05, 4.69) is 0 Å². The number of para-hydroxylation sites is 1. The number of nitrogens with zero attached hydrogens (tertiary/aromatic N) is 1. The normalized spacial score (nSPS) is 11.3. The van der Waals surface area contributed by atoms with Gasteiger partial charge in [0.1, 0.15) is 11.8 Å². The Balaban J connectivity index is 2.00. The lowest BCUT2D eigenvalue weighted by molar-refractivity contribution is -0.148. The molecule has 2 aromatic rings. The SMILES string of the molecule is Cc1cc(C)c(C(=O)[C@@H](C)OC(=O)COc2ccccc2C#N)cc1C. The Kier molecular flexibility index (Phi) is 6.13. The van der Waals surface area contributed by atoms with Gasteiger partial charge in [0.2, 0.25) is 5.78 Å². The molecule has 26 heavy (non-hydrogen) atoms. The van der Waals surface area contributed by atoms with Crippen LogP contribution in [-0.2, 0) is 9.53 Å². The van der Waals surface area contributed by atoms with E-state index in [0.29, 0.717) is 16.9 Å². The minimum absolute atomic E-state index is 0.253.